The molecule has 3 unspecified atom stereocenters. The van der Waals surface area contributed by atoms with Gasteiger partial charge in [0.2, 0.25) is 0 Å². The van der Waals surface area contributed by atoms with E-state index in [1.807, 2.05) is 19.1 Å². The Hall–Kier alpha value is -0.830. The van der Waals surface area contributed by atoms with Gasteiger partial charge in [0, 0.05) is 17.9 Å². The van der Waals surface area contributed by atoms with E-state index in [1.54, 1.807) is 0 Å². The van der Waals surface area contributed by atoms with Gasteiger partial charge in [0.25, 0.3) is 0 Å². The van der Waals surface area contributed by atoms with E-state index >= 15 is 0 Å². The number of ketones is 1. The summed E-state index contributed by atoms with van der Waals surface area (Å²) in [5.74, 6) is 2.01. The first-order valence-electron chi connectivity index (χ1n) is 6.11. The molecule has 0 N–H and O–H groups in total. The van der Waals surface area contributed by atoms with E-state index in [2.05, 4.69) is 22.0 Å². The highest BCUT2D eigenvalue weighted by atomic mass is 79.9. The van der Waals surface area contributed by atoms with Crippen molar-refractivity contribution >= 4 is 21.7 Å². The number of alkyl halides is 1. The maximum Gasteiger partial charge on any atom is 0.149 e. The van der Waals surface area contributed by atoms with Crippen LogP contribution in [0.2, 0.25) is 0 Å². The van der Waals surface area contributed by atoms with Gasteiger partial charge in [-0.1, -0.05) is 35.5 Å². The summed E-state index contributed by atoms with van der Waals surface area (Å²) in [4.78, 5) is 11.9. The number of carbonyl (C=O) groups excluding carboxylic acids is 1. The second-order valence-electron chi connectivity index (χ2n) is 4.89. The van der Waals surface area contributed by atoms with Crippen LogP contribution in [0.3, 0.4) is 0 Å². The Morgan fingerprint density at radius 3 is 3.00 bits per heavy atom. The molecule has 98 valence electrons. The van der Waals surface area contributed by atoms with Gasteiger partial charge in [-0.15, -0.1) is 0 Å². The zero-order valence-corrected chi connectivity index (χ0v) is 11.4. The Balaban J connectivity index is 0.00000120. The fourth-order valence-electron chi connectivity index (χ4n) is 2.74. The Bertz CT molecular complexity index is 468. The van der Waals surface area contributed by atoms with Crippen LogP contribution in [0.15, 0.2) is 18.2 Å². The molecule has 0 amide bonds. The highest BCUT2D eigenvalue weighted by Crippen LogP contribution is 2.51. The first-order chi connectivity index (χ1) is 8.18. The van der Waals surface area contributed by atoms with Crippen molar-refractivity contribution in [2.24, 2.45) is 5.92 Å². The lowest BCUT2D eigenvalue weighted by molar-refractivity contribution is -0.119. The average Bonchev–Trinajstić information content (AvgIpc) is 2.95. The molecule has 1 heterocycles. The largest absolute Gasteiger partial charge is 0.493 e. The van der Waals surface area contributed by atoms with E-state index in [0.29, 0.717) is 11.7 Å². The average molecular weight is 311 g/mol. The zero-order valence-electron chi connectivity index (χ0n) is 9.78. The Morgan fingerprint density at radius 1 is 1.50 bits per heavy atom. The second-order valence-corrected chi connectivity index (χ2v) is 6.26. The normalized spacial score (nSPS) is 25.7. The summed E-state index contributed by atoms with van der Waals surface area (Å²) in [6.45, 7) is 2.70. The SMILES string of the molecule is C.CC(Br)C(=O)C1CC1c1cccc2c1CCO2. The lowest BCUT2D eigenvalue weighted by atomic mass is 9.99. The van der Waals surface area contributed by atoms with E-state index in [4.69, 9.17) is 4.74 Å². The number of halogens is 1. The van der Waals surface area contributed by atoms with Crippen molar-refractivity contribution in [2.75, 3.05) is 6.61 Å². The summed E-state index contributed by atoms with van der Waals surface area (Å²) in [5.41, 5.74) is 2.67. The predicted octanol–water partition coefficient (Wildman–Crippen LogP) is 3.71. The molecule has 3 rings (SSSR count). The van der Waals surface area contributed by atoms with E-state index in [9.17, 15) is 4.79 Å². The van der Waals surface area contributed by atoms with Gasteiger partial charge in [0.1, 0.15) is 11.5 Å². The quantitative estimate of drug-likeness (QED) is 0.795. The van der Waals surface area contributed by atoms with Crippen molar-refractivity contribution < 1.29 is 9.53 Å². The van der Waals surface area contributed by atoms with E-state index in [1.165, 1.54) is 11.1 Å². The van der Waals surface area contributed by atoms with Crippen molar-refractivity contribution in [1.82, 2.24) is 0 Å². The topological polar surface area (TPSA) is 26.3 Å². The van der Waals surface area contributed by atoms with Gasteiger partial charge in [-0.25, -0.2) is 0 Å². The van der Waals surface area contributed by atoms with Crippen molar-refractivity contribution in [3.63, 3.8) is 0 Å². The summed E-state index contributed by atoms with van der Waals surface area (Å²) >= 11 is 3.37. The third-order valence-electron chi connectivity index (χ3n) is 3.73. The number of rotatable bonds is 3. The summed E-state index contributed by atoms with van der Waals surface area (Å²) in [5, 5.41) is 0. The molecule has 1 aromatic rings. The minimum Gasteiger partial charge on any atom is -0.493 e. The maximum absolute atomic E-state index is 11.9. The van der Waals surface area contributed by atoms with E-state index in [-0.39, 0.29) is 18.2 Å². The molecule has 0 spiro atoms. The molecular weight excluding hydrogens is 292 g/mol. The minimum absolute atomic E-state index is 0. The zero-order chi connectivity index (χ0) is 12.0. The first kappa shape index (κ1) is 13.6. The monoisotopic (exact) mass is 310 g/mol. The van der Waals surface area contributed by atoms with Crippen LogP contribution < -0.4 is 4.74 Å². The molecule has 3 heteroatoms. The highest BCUT2D eigenvalue weighted by molar-refractivity contribution is 9.10. The van der Waals surface area contributed by atoms with Crippen LogP contribution in [0, 0.1) is 5.92 Å². The molecule has 1 aromatic carbocycles. The number of fused-ring (bicyclic) bond motifs is 1. The number of hydrogen-bond donors (Lipinski definition) is 0. The van der Waals surface area contributed by atoms with Crippen LogP contribution in [-0.4, -0.2) is 17.2 Å². The molecule has 1 fully saturated rings. The summed E-state index contributed by atoms with van der Waals surface area (Å²) in [6.07, 6.45) is 2.00. The van der Waals surface area contributed by atoms with Crippen LogP contribution in [0.5, 0.6) is 5.75 Å². The molecule has 1 aliphatic carbocycles. The molecular formula is C15H19BrO2. The lowest BCUT2D eigenvalue weighted by Crippen LogP contribution is -2.12. The van der Waals surface area contributed by atoms with Crippen molar-refractivity contribution in [2.45, 2.75) is 37.9 Å². The number of ether oxygens (including phenoxy) is 1. The van der Waals surface area contributed by atoms with Crippen molar-refractivity contribution in [1.29, 1.82) is 0 Å². The van der Waals surface area contributed by atoms with Gasteiger partial charge in [0.15, 0.2) is 0 Å². The minimum atomic E-state index is -0.0227. The third-order valence-corrected chi connectivity index (χ3v) is 4.18. The molecule has 0 bridgehead atoms. The molecule has 0 saturated heterocycles. The van der Waals surface area contributed by atoms with Gasteiger partial charge in [-0.05, 0) is 30.9 Å². The summed E-state index contributed by atoms with van der Waals surface area (Å²) in [7, 11) is 0. The molecule has 0 radical (unpaired) electrons. The summed E-state index contributed by atoms with van der Waals surface area (Å²) in [6, 6.07) is 6.22. The van der Waals surface area contributed by atoms with Gasteiger partial charge in [0.05, 0.1) is 11.4 Å². The summed E-state index contributed by atoms with van der Waals surface area (Å²) < 4.78 is 5.57. The van der Waals surface area contributed by atoms with E-state index in [0.717, 1.165) is 25.2 Å². The van der Waals surface area contributed by atoms with Gasteiger partial charge >= 0.3 is 0 Å². The van der Waals surface area contributed by atoms with Crippen LogP contribution in [0.1, 0.15) is 37.8 Å². The second kappa shape index (κ2) is 5.04. The first-order valence-corrected chi connectivity index (χ1v) is 7.02. The standard InChI is InChI=1S/C14H15BrO2.CH4/c1-8(15)14(16)12-7-11(12)9-3-2-4-13-10(9)5-6-17-13;/h2-4,8,11-12H,5-7H2,1H3;1H4. The number of carbonyl (C=O) groups is 1. The van der Waals surface area contributed by atoms with Gasteiger partial charge in [-0.3, -0.25) is 4.79 Å². The molecule has 2 nitrogen and oxygen atoms in total. The van der Waals surface area contributed by atoms with Crippen LogP contribution >= 0.6 is 15.9 Å². The van der Waals surface area contributed by atoms with Gasteiger partial charge in [-0.2, -0.15) is 0 Å². The molecule has 1 aliphatic heterocycles. The predicted molar refractivity (Wildman–Crippen MR) is 76.6 cm³/mol. The maximum atomic E-state index is 11.9. The molecule has 0 aromatic heterocycles. The molecule has 2 aliphatic rings. The lowest BCUT2D eigenvalue weighted by Gasteiger charge is -2.07. The Kier molecular flexibility index (Phi) is 3.81. The third kappa shape index (κ3) is 2.20. The Labute approximate surface area is 117 Å². The van der Waals surface area contributed by atoms with Crippen LogP contribution in [0.25, 0.3) is 0 Å². The van der Waals surface area contributed by atoms with Gasteiger partial charge < -0.3 is 4.74 Å². The Morgan fingerprint density at radius 2 is 2.28 bits per heavy atom. The number of benzene rings is 1. The smallest absolute Gasteiger partial charge is 0.149 e. The molecule has 3 atom stereocenters. The molecule has 18 heavy (non-hydrogen) atoms. The number of hydrogen-bond acceptors (Lipinski definition) is 2. The van der Waals surface area contributed by atoms with Crippen LogP contribution in [-0.2, 0) is 11.2 Å². The van der Waals surface area contributed by atoms with Crippen molar-refractivity contribution in [3.05, 3.63) is 29.3 Å². The fraction of sp³-hybridized carbons (Fsp3) is 0.533. The van der Waals surface area contributed by atoms with E-state index < -0.39 is 0 Å². The molecule has 1 saturated carbocycles. The van der Waals surface area contributed by atoms with Crippen molar-refractivity contribution in [3.8, 4) is 5.75 Å². The van der Waals surface area contributed by atoms with Crippen LogP contribution in [0.4, 0.5) is 0 Å². The fourth-order valence-corrected chi connectivity index (χ4v) is 3.08. The highest BCUT2D eigenvalue weighted by Gasteiger charge is 2.46. The number of Topliss-reactive ketones (excluding diaryl/α,β-unsaturated/α-hetero) is 1.